The molecule has 0 aliphatic carbocycles. The van der Waals surface area contributed by atoms with Crippen LogP contribution >= 0.6 is 0 Å². The van der Waals surface area contributed by atoms with Crippen molar-refractivity contribution in [2.24, 2.45) is 0 Å². The van der Waals surface area contributed by atoms with Crippen molar-refractivity contribution in [3.05, 3.63) is 18.4 Å². The molecule has 74 valence electrons. The Hall–Kier alpha value is -1.84. The zero-order valence-electron chi connectivity index (χ0n) is 7.90. The molecule has 0 spiro atoms. The molecule has 0 fully saturated rings. The number of furan rings is 1. The average molecular weight is 194 g/mol. The standard InChI is InChI=1S/C10H10O4/c1-12-7-5-6-3-4-14-9(6)8(11)10(7)13-2/h3-5,11H,1-2H3. The normalized spacial score (nSPS) is 10.4. The fraction of sp³-hybridized carbons (Fsp3) is 0.200. The molecule has 0 aliphatic heterocycles. The zero-order valence-corrected chi connectivity index (χ0v) is 7.90. The topological polar surface area (TPSA) is 51.8 Å². The highest BCUT2D eigenvalue weighted by atomic mass is 16.5. The van der Waals surface area contributed by atoms with Crippen LogP contribution in [0.2, 0.25) is 0 Å². The van der Waals surface area contributed by atoms with Gasteiger partial charge in [-0.3, -0.25) is 0 Å². The van der Waals surface area contributed by atoms with Gasteiger partial charge in [0.1, 0.15) is 0 Å². The number of benzene rings is 1. The molecule has 4 heteroatoms. The predicted octanol–water partition coefficient (Wildman–Crippen LogP) is 2.16. The number of hydrogen-bond acceptors (Lipinski definition) is 4. The van der Waals surface area contributed by atoms with Crippen LogP contribution in [-0.4, -0.2) is 19.3 Å². The van der Waals surface area contributed by atoms with E-state index in [0.717, 1.165) is 5.39 Å². The summed E-state index contributed by atoms with van der Waals surface area (Å²) in [5.74, 6) is 0.737. The Balaban J connectivity index is 2.79. The van der Waals surface area contributed by atoms with E-state index in [9.17, 15) is 5.11 Å². The van der Waals surface area contributed by atoms with Crippen LogP contribution in [0.1, 0.15) is 0 Å². The summed E-state index contributed by atoms with van der Waals surface area (Å²) >= 11 is 0. The van der Waals surface area contributed by atoms with Crippen molar-refractivity contribution in [1.82, 2.24) is 0 Å². The highest BCUT2D eigenvalue weighted by Crippen LogP contribution is 2.42. The molecule has 0 unspecified atom stereocenters. The van der Waals surface area contributed by atoms with Gasteiger partial charge in [0.25, 0.3) is 0 Å². The highest BCUT2D eigenvalue weighted by Gasteiger charge is 2.15. The van der Waals surface area contributed by atoms with Crippen LogP contribution in [-0.2, 0) is 0 Å². The third-order valence-electron chi connectivity index (χ3n) is 2.06. The Morgan fingerprint density at radius 2 is 2.07 bits per heavy atom. The second-order valence-corrected chi connectivity index (χ2v) is 2.80. The van der Waals surface area contributed by atoms with Crippen molar-refractivity contribution in [1.29, 1.82) is 0 Å². The van der Waals surface area contributed by atoms with Crippen molar-refractivity contribution < 1.29 is 19.0 Å². The summed E-state index contributed by atoms with van der Waals surface area (Å²) in [5, 5.41) is 10.5. The molecule has 1 heterocycles. The second kappa shape index (κ2) is 3.14. The monoisotopic (exact) mass is 194 g/mol. The van der Waals surface area contributed by atoms with E-state index in [1.54, 1.807) is 12.1 Å². The van der Waals surface area contributed by atoms with Crippen LogP contribution in [0.5, 0.6) is 17.2 Å². The Morgan fingerprint density at radius 1 is 1.29 bits per heavy atom. The Bertz CT molecular complexity index is 458. The first-order valence-electron chi connectivity index (χ1n) is 4.09. The van der Waals surface area contributed by atoms with Gasteiger partial charge in [-0.25, -0.2) is 0 Å². The third-order valence-corrected chi connectivity index (χ3v) is 2.06. The fourth-order valence-corrected chi connectivity index (χ4v) is 1.40. The van der Waals surface area contributed by atoms with Gasteiger partial charge in [-0.05, 0) is 12.1 Å². The van der Waals surface area contributed by atoms with Crippen molar-refractivity contribution in [3.8, 4) is 17.2 Å². The van der Waals surface area contributed by atoms with Crippen LogP contribution in [0.15, 0.2) is 22.8 Å². The number of phenols is 1. The molecule has 0 saturated heterocycles. The summed E-state index contributed by atoms with van der Waals surface area (Å²) in [7, 11) is 2.98. The van der Waals surface area contributed by atoms with E-state index in [1.807, 2.05) is 0 Å². The van der Waals surface area contributed by atoms with E-state index < -0.39 is 0 Å². The Labute approximate surface area is 80.7 Å². The van der Waals surface area contributed by atoms with Crippen LogP contribution in [0.4, 0.5) is 0 Å². The lowest BCUT2D eigenvalue weighted by Gasteiger charge is -2.08. The average Bonchev–Trinajstić information content (AvgIpc) is 2.65. The van der Waals surface area contributed by atoms with Gasteiger partial charge in [0.2, 0.25) is 11.5 Å². The minimum absolute atomic E-state index is 0.0353. The number of hydrogen-bond donors (Lipinski definition) is 1. The molecule has 0 amide bonds. The summed E-state index contributed by atoms with van der Waals surface area (Å²) in [6, 6.07) is 3.49. The van der Waals surface area contributed by atoms with E-state index in [-0.39, 0.29) is 11.5 Å². The van der Waals surface area contributed by atoms with Crippen LogP contribution in [0, 0.1) is 0 Å². The first kappa shape index (κ1) is 8.74. The number of methoxy groups -OCH3 is 2. The van der Waals surface area contributed by atoms with Gasteiger partial charge in [0.15, 0.2) is 11.3 Å². The van der Waals surface area contributed by atoms with Crippen molar-refractivity contribution in [2.75, 3.05) is 14.2 Å². The molecule has 0 radical (unpaired) electrons. The number of rotatable bonds is 2. The maximum atomic E-state index is 9.75. The lowest BCUT2D eigenvalue weighted by molar-refractivity contribution is 0.333. The molecule has 0 aliphatic rings. The smallest absolute Gasteiger partial charge is 0.207 e. The van der Waals surface area contributed by atoms with Crippen molar-refractivity contribution in [3.63, 3.8) is 0 Å². The Kier molecular flexibility index (Phi) is 1.96. The minimum Gasteiger partial charge on any atom is -0.502 e. The van der Waals surface area contributed by atoms with Crippen molar-refractivity contribution in [2.45, 2.75) is 0 Å². The van der Waals surface area contributed by atoms with Crippen LogP contribution in [0.3, 0.4) is 0 Å². The first-order valence-corrected chi connectivity index (χ1v) is 4.09. The van der Waals surface area contributed by atoms with E-state index >= 15 is 0 Å². The van der Waals surface area contributed by atoms with Gasteiger partial charge in [0.05, 0.1) is 20.5 Å². The number of phenolic OH excluding ortho intramolecular Hbond substituents is 1. The molecule has 2 rings (SSSR count). The zero-order chi connectivity index (χ0) is 10.1. The maximum absolute atomic E-state index is 9.75. The third kappa shape index (κ3) is 1.08. The van der Waals surface area contributed by atoms with Gasteiger partial charge in [0, 0.05) is 5.39 Å². The molecular formula is C10H10O4. The lowest BCUT2D eigenvalue weighted by Crippen LogP contribution is -1.90. The molecule has 1 N–H and O–H groups in total. The van der Waals surface area contributed by atoms with Gasteiger partial charge in [-0.15, -0.1) is 0 Å². The van der Waals surface area contributed by atoms with Gasteiger partial charge >= 0.3 is 0 Å². The summed E-state index contributed by atoms with van der Waals surface area (Å²) in [6.07, 6.45) is 1.50. The first-order chi connectivity index (χ1) is 6.77. The van der Waals surface area contributed by atoms with Crippen LogP contribution in [0.25, 0.3) is 11.0 Å². The SMILES string of the molecule is COc1cc2ccoc2c(O)c1OC. The van der Waals surface area contributed by atoms with E-state index in [2.05, 4.69) is 0 Å². The number of fused-ring (bicyclic) bond motifs is 1. The molecule has 1 aromatic heterocycles. The minimum atomic E-state index is -0.0353. The molecule has 4 nitrogen and oxygen atoms in total. The van der Waals surface area contributed by atoms with Gasteiger partial charge in [-0.1, -0.05) is 0 Å². The molecule has 0 saturated carbocycles. The molecule has 2 aromatic rings. The molecule has 0 bridgehead atoms. The summed E-state index contributed by atoms with van der Waals surface area (Å²) in [5.41, 5.74) is 0.405. The van der Waals surface area contributed by atoms with Gasteiger partial charge < -0.3 is 19.0 Å². The predicted molar refractivity (Wildman–Crippen MR) is 51.0 cm³/mol. The molecular weight excluding hydrogens is 184 g/mol. The molecule has 14 heavy (non-hydrogen) atoms. The quantitative estimate of drug-likeness (QED) is 0.795. The molecule has 1 aromatic carbocycles. The van der Waals surface area contributed by atoms with E-state index in [0.29, 0.717) is 11.3 Å². The summed E-state index contributed by atoms with van der Waals surface area (Å²) < 4.78 is 15.2. The van der Waals surface area contributed by atoms with Gasteiger partial charge in [-0.2, -0.15) is 0 Å². The Morgan fingerprint density at radius 3 is 2.71 bits per heavy atom. The second-order valence-electron chi connectivity index (χ2n) is 2.80. The lowest BCUT2D eigenvalue weighted by atomic mass is 10.2. The highest BCUT2D eigenvalue weighted by molar-refractivity contribution is 5.88. The van der Waals surface area contributed by atoms with E-state index in [1.165, 1.54) is 20.5 Å². The number of aromatic hydroxyl groups is 1. The number of ether oxygens (including phenoxy) is 2. The van der Waals surface area contributed by atoms with E-state index in [4.69, 9.17) is 13.9 Å². The molecule has 0 atom stereocenters. The maximum Gasteiger partial charge on any atom is 0.207 e. The largest absolute Gasteiger partial charge is 0.502 e. The van der Waals surface area contributed by atoms with Crippen LogP contribution < -0.4 is 9.47 Å². The summed E-state index contributed by atoms with van der Waals surface area (Å²) in [4.78, 5) is 0. The van der Waals surface area contributed by atoms with Crippen molar-refractivity contribution >= 4 is 11.0 Å². The summed E-state index contributed by atoms with van der Waals surface area (Å²) in [6.45, 7) is 0. The fourth-order valence-electron chi connectivity index (χ4n) is 1.40.